The molecule has 2 heterocycles. The number of hydrogen-bond donors (Lipinski definition) is 1. The highest BCUT2D eigenvalue weighted by molar-refractivity contribution is 6.30. The predicted molar refractivity (Wildman–Crippen MR) is 110 cm³/mol. The summed E-state index contributed by atoms with van der Waals surface area (Å²) in [6, 6.07) is 17.3. The van der Waals surface area contributed by atoms with Crippen LogP contribution in [-0.2, 0) is 29.1 Å². The first-order valence-corrected chi connectivity index (χ1v) is 10.1. The second-order valence-corrected chi connectivity index (χ2v) is 7.72. The highest BCUT2D eigenvalue weighted by Crippen LogP contribution is 2.21. The molecule has 1 aliphatic rings. The molecule has 0 aliphatic carbocycles. The summed E-state index contributed by atoms with van der Waals surface area (Å²) in [5.41, 5.74) is 2.84. The molecule has 4 rings (SSSR count). The fourth-order valence-electron chi connectivity index (χ4n) is 3.55. The van der Waals surface area contributed by atoms with Gasteiger partial charge < -0.3 is 10.1 Å². The second kappa shape index (κ2) is 9.20. The Morgan fingerprint density at radius 2 is 2.03 bits per heavy atom. The Balaban J connectivity index is 1.59. The first kappa shape index (κ1) is 19.6. The van der Waals surface area contributed by atoms with E-state index in [0.29, 0.717) is 37.6 Å². The number of halogens is 1. The third-order valence-electron chi connectivity index (χ3n) is 5.09. The molecule has 1 N–H and O–H groups in total. The SMILES string of the molecule is O=C1N[C@H](c2ccccc2)COCc2cn(nn2)CC[C@H]1Cc1cccc(Cl)c1. The molecule has 0 fully saturated rings. The number of nitrogens with one attached hydrogen (secondary N) is 1. The fourth-order valence-corrected chi connectivity index (χ4v) is 3.77. The first-order chi connectivity index (χ1) is 14.2. The smallest absolute Gasteiger partial charge is 0.224 e. The zero-order chi connectivity index (χ0) is 20.1. The fraction of sp³-hybridized carbons (Fsp3) is 0.318. The van der Waals surface area contributed by atoms with E-state index in [-0.39, 0.29) is 17.9 Å². The molecule has 6 nitrogen and oxygen atoms in total. The number of aryl methyl sites for hydroxylation is 1. The van der Waals surface area contributed by atoms with E-state index in [1.807, 2.05) is 60.8 Å². The summed E-state index contributed by atoms with van der Waals surface area (Å²) in [4.78, 5) is 13.2. The van der Waals surface area contributed by atoms with Crippen molar-refractivity contribution in [2.24, 2.45) is 5.92 Å². The van der Waals surface area contributed by atoms with E-state index in [9.17, 15) is 4.79 Å². The van der Waals surface area contributed by atoms with Crippen LogP contribution in [0.1, 0.15) is 29.3 Å². The minimum absolute atomic E-state index is 0.00309. The van der Waals surface area contributed by atoms with Gasteiger partial charge in [-0.3, -0.25) is 9.48 Å². The van der Waals surface area contributed by atoms with Crippen molar-refractivity contribution in [1.29, 1.82) is 0 Å². The van der Waals surface area contributed by atoms with Gasteiger partial charge in [-0.25, -0.2) is 0 Å². The Morgan fingerprint density at radius 1 is 1.17 bits per heavy atom. The molecule has 1 amide bonds. The summed E-state index contributed by atoms with van der Waals surface area (Å²) < 4.78 is 7.61. The van der Waals surface area contributed by atoms with E-state index in [2.05, 4.69) is 15.6 Å². The summed E-state index contributed by atoms with van der Waals surface area (Å²) in [7, 11) is 0. The number of aromatic nitrogens is 3. The highest BCUT2D eigenvalue weighted by atomic mass is 35.5. The van der Waals surface area contributed by atoms with Gasteiger partial charge in [-0.05, 0) is 36.1 Å². The van der Waals surface area contributed by atoms with Crippen molar-refractivity contribution in [1.82, 2.24) is 20.3 Å². The van der Waals surface area contributed by atoms with Crippen molar-refractivity contribution in [3.05, 3.63) is 82.6 Å². The maximum absolute atomic E-state index is 13.2. The van der Waals surface area contributed by atoms with Crippen molar-refractivity contribution in [3.8, 4) is 0 Å². The van der Waals surface area contributed by atoms with Crippen molar-refractivity contribution in [3.63, 3.8) is 0 Å². The molecule has 0 spiro atoms. The summed E-state index contributed by atoms with van der Waals surface area (Å²) in [5, 5.41) is 12.2. The number of ether oxygens (including phenoxy) is 1. The number of amides is 1. The summed E-state index contributed by atoms with van der Waals surface area (Å²) in [6.07, 6.45) is 3.15. The lowest BCUT2D eigenvalue weighted by Gasteiger charge is -2.24. The van der Waals surface area contributed by atoms with E-state index < -0.39 is 0 Å². The van der Waals surface area contributed by atoms with Crippen LogP contribution in [0.25, 0.3) is 0 Å². The average Bonchev–Trinajstić information content (AvgIpc) is 3.18. The molecule has 7 heteroatoms. The number of nitrogens with zero attached hydrogens (tertiary/aromatic N) is 3. The number of hydrogen-bond acceptors (Lipinski definition) is 4. The maximum Gasteiger partial charge on any atom is 0.224 e. The van der Waals surface area contributed by atoms with Gasteiger partial charge in [-0.1, -0.05) is 59.3 Å². The number of rotatable bonds is 3. The van der Waals surface area contributed by atoms with Crippen molar-refractivity contribution in [2.45, 2.75) is 32.0 Å². The molecule has 0 radical (unpaired) electrons. The summed E-state index contributed by atoms with van der Waals surface area (Å²) in [6.45, 7) is 1.35. The van der Waals surface area contributed by atoms with Crippen LogP contribution in [0.5, 0.6) is 0 Å². The van der Waals surface area contributed by atoms with Crippen LogP contribution in [0.15, 0.2) is 60.8 Å². The van der Waals surface area contributed by atoms with Gasteiger partial charge in [0.05, 0.1) is 25.5 Å². The van der Waals surface area contributed by atoms with Crippen LogP contribution in [-0.4, -0.2) is 27.5 Å². The predicted octanol–water partition coefficient (Wildman–Crippen LogP) is 3.57. The number of carbonyl (C=O) groups is 1. The summed E-state index contributed by atoms with van der Waals surface area (Å²) >= 11 is 6.14. The van der Waals surface area contributed by atoms with Crippen LogP contribution in [0.4, 0.5) is 0 Å². The van der Waals surface area contributed by atoms with Crippen LogP contribution >= 0.6 is 11.6 Å². The largest absolute Gasteiger partial charge is 0.373 e. The lowest BCUT2D eigenvalue weighted by atomic mass is 9.94. The molecule has 0 saturated carbocycles. The molecule has 29 heavy (non-hydrogen) atoms. The molecule has 1 aromatic heterocycles. The van der Waals surface area contributed by atoms with Crippen molar-refractivity contribution in [2.75, 3.05) is 6.61 Å². The van der Waals surface area contributed by atoms with Gasteiger partial charge in [0.1, 0.15) is 5.69 Å². The lowest BCUT2D eigenvalue weighted by molar-refractivity contribution is -0.126. The monoisotopic (exact) mass is 410 g/mol. The Bertz CT molecular complexity index is 960. The van der Waals surface area contributed by atoms with Gasteiger partial charge in [0.25, 0.3) is 0 Å². The number of carbonyl (C=O) groups excluding carboxylic acids is 1. The Hall–Kier alpha value is -2.70. The third-order valence-corrected chi connectivity index (χ3v) is 5.32. The molecule has 1 aliphatic heterocycles. The van der Waals surface area contributed by atoms with Gasteiger partial charge in [-0.15, -0.1) is 5.10 Å². The highest BCUT2D eigenvalue weighted by Gasteiger charge is 2.24. The number of fused-ring (bicyclic) bond motifs is 2. The van der Waals surface area contributed by atoms with E-state index in [1.54, 1.807) is 4.68 Å². The van der Waals surface area contributed by atoms with Crippen molar-refractivity contribution < 1.29 is 9.53 Å². The van der Waals surface area contributed by atoms with Crippen LogP contribution in [0.3, 0.4) is 0 Å². The molecular formula is C22H23ClN4O2. The van der Waals surface area contributed by atoms with Crippen LogP contribution in [0.2, 0.25) is 5.02 Å². The van der Waals surface area contributed by atoms with Gasteiger partial charge in [-0.2, -0.15) is 0 Å². The zero-order valence-electron chi connectivity index (χ0n) is 16.0. The van der Waals surface area contributed by atoms with Gasteiger partial charge in [0.2, 0.25) is 5.91 Å². The third kappa shape index (κ3) is 5.22. The molecule has 0 saturated heterocycles. The second-order valence-electron chi connectivity index (χ2n) is 7.28. The molecule has 150 valence electrons. The molecule has 2 bridgehead atoms. The Morgan fingerprint density at radius 3 is 2.86 bits per heavy atom. The lowest BCUT2D eigenvalue weighted by Crippen LogP contribution is -2.37. The minimum Gasteiger partial charge on any atom is -0.373 e. The van der Waals surface area contributed by atoms with E-state index in [1.165, 1.54) is 0 Å². The van der Waals surface area contributed by atoms with Crippen LogP contribution < -0.4 is 5.32 Å². The molecule has 3 aromatic rings. The first-order valence-electron chi connectivity index (χ1n) is 9.74. The minimum atomic E-state index is -0.222. The Kier molecular flexibility index (Phi) is 6.22. The Labute approximate surface area is 174 Å². The van der Waals surface area contributed by atoms with Gasteiger partial charge in [0, 0.05) is 17.5 Å². The van der Waals surface area contributed by atoms with E-state index in [0.717, 1.165) is 16.8 Å². The molecule has 2 aromatic carbocycles. The topological polar surface area (TPSA) is 69.0 Å². The average molecular weight is 411 g/mol. The van der Waals surface area contributed by atoms with Gasteiger partial charge in [0.15, 0.2) is 0 Å². The standard InChI is InChI=1S/C22H23ClN4O2/c23-19-8-4-5-16(12-19)11-18-9-10-27-13-20(25-26-27)14-29-15-21(24-22(18)28)17-6-2-1-3-7-17/h1-8,12-13,18,21H,9-11,14-15H2,(H,24,28)/t18-,21-/m0/s1. The normalized spacial score (nSPS) is 20.4. The van der Waals surface area contributed by atoms with Crippen LogP contribution in [0, 0.1) is 5.92 Å². The molecule has 0 unspecified atom stereocenters. The number of benzene rings is 2. The quantitative estimate of drug-likeness (QED) is 0.716. The summed E-state index contributed by atoms with van der Waals surface area (Å²) in [5.74, 6) is -0.213. The van der Waals surface area contributed by atoms with Gasteiger partial charge >= 0.3 is 0 Å². The zero-order valence-corrected chi connectivity index (χ0v) is 16.8. The molecular weight excluding hydrogens is 388 g/mol. The maximum atomic E-state index is 13.2. The van der Waals surface area contributed by atoms with Crippen molar-refractivity contribution >= 4 is 17.5 Å². The van der Waals surface area contributed by atoms with E-state index in [4.69, 9.17) is 16.3 Å². The molecule has 2 atom stereocenters. The van der Waals surface area contributed by atoms with E-state index >= 15 is 0 Å².